The first-order valence-electron chi connectivity index (χ1n) is 4.10. The molecule has 2 N–H and O–H groups in total. The number of rotatable bonds is 2. The van der Waals surface area contributed by atoms with Crippen LogP contribution in [0, 0.1) is 13.8 Å². The van der Waals surface area contributed by atoms with Gasteiger partial charge in [-0.15, -0.1) is 0 Å². The van der Waals surface area contributed by atoms with Crippen molar-refractivity contribution < 1.29 is 9.32 Å². The average molecular weight is 182 g/mol. The first-order valence-corrected chi connectivity index (χ1v) is 4.10. The quantitative estimate of drug-likeness (QED) is 0.698. The van der Waals surface area contributed by atoms with Crippen molar-refractivity contribution in [2.24, 2.45) is 5.73 Å². The maximum atomic E-state index is 11.7. The van der Waals surface area contributed by atoms with E-state index < -0.39 is 5.54 Å². The lowest BCUT2D eigenvalue weighted by molar-refractivity contribution is 0.0911. The fourth-order valence-corrected chi connectivity index (χ4v) is 1.13. The summed E-state index contributed by atoms with van der Waals surface area (Å²) >= 11 is 0. The van der Waals surface area contributed by atoms with Gasteiger partial charge in [-0.2, -0.15) is 0 Å². The van der Waals surface area contributed by atoms with E-state index in [1.54, 1.807) is 27.7 Å². The van der Waals surface area contributed by atoms with Crippen molar-refractivity contribution in [1.82, 2.24) is 5.16 Å². The Morgan fingerprint density at radius 1 is 1.46 bits per heavy atom. The molecule has 0 atom stereocenters. The molecule has 0 spiro atoms. The predicted octanol–water partition coefficient (Wildman–Crippen LogP) is 1.21. The van der Waals surface area contributed by atoms with Gasteiger partial charge in [0, 0.05) is 0 Å². The van der Waals surface area contributed by atoms with E-state index in [1.807, 2.05) is 0 Å². The van der Waals surface area contributed by atoms with Crippen LogP contribution in [0.3, 0.4) is 0 Å². The number of carbonyl (C=O) groups is 1. The van der Waals surface area contributed by atoms with E-state index in [2.05, 4.69) is 5.16 Å². The van der Waals surface area contributed by atoms with E-state index >= 15 is 0 Å². The molecule has 0 aliphatic carbocycles. The molecule has 4 heteroatoms. The second-order valence-corrected chi connectivity index (χ2v) is 3.75. The van der Waals surface area contributed by atoms with Gasteiger partial charge in [-0.3, -0.25) is 4.79 Å². The summed E-state index contributed by atoms with van der Waals surface area (Å²) < 4.78 is 4.89. The number of ketones is 1. The molecule has 1 aromatic heterocycles. The van der Waals surface area contributed by atoms with Crippen LogP contribution in [-0.4, -0.2) is 16.5 Å². The standard InChI is InChI=1S/C9H14N2O2/c1-5-7(6(2)13-11-5)8(12)9(3,4)10/h10H2,1-4H3. The van der Waals surface area contributed by atoms with Crippen molar-refractivity contribution in [3.63, 3.8) is 0 Å². The molecular formula is C9H14N2O2. The summed E-state index contributed by atoms with van der Waals surface area (Å²) in [6.07, 6.45) is 0. The fraction of sp³-hybridized carbons (Fsp3) is 0.556. The van der Waals surface area contributed by atoms with Crippen LogP contribution in [0.4, 0.5) is 0 Å². The summed E-state index contributed by atoms with van der Waals surface area (Å²) in [5, 5.41) is 3.70. The van der Waals surface area contributed by atoms with Crippen LogP contribution in [-0.2, 0) is 0 Å². The molecule has 0 aliphatic rings. The summed E-state index contributed by atoms with van der Waals surface area (Å²) in [5.41, 5.74) is 5.92. The zero-order valence-corrected chi connectivity index (χ0v) is 8.34. The summed E-state index contributed by atoms with van der Waals surface area (Å²) in [5.74, 6) is 0.393. The van der Waals surface area contributed by atoms with Gasteiger partial charge < -0.3 is 10.3 Å². The minimum Gasteiger partial charge on any atom is -0.361 e. The van der Waals surface area contributed by atoms with E-state index in [-0.39, 0.29) is 5.78 Å². The molecule has 13 heavy (non-hydrogen) atoms. The molecule has 0 radical (unpaired) electrons. The van der Waals surface area contributed by atoms with Crippen molar-refractivity contribution in [3.8, 4) is 0 Å². The number of Topliss-reactive ketones (excluding diaryl/α,β-unsaturated/α-hetero) is 1. The monoisotopic (exact) mass is 182 g/mol. The minimum atomic E-state index is -0.874. The van der Waals surface area contributed by atoms with Gasteiger partial charge in [-0.25, -0.2) is 0 Å². The molecule has 0 unspecified atom stereocenters. The summed E-state index contributed by atoms with van der Waals surface area (Å²) in [7, 11) is 0. The van der Waals surface area contributed by atoms with E-state index in [0.717, 1.165) is 0 Å². The Kier molecular flexibility index (Phi) is 2.26. The Bertz CT molecular complexity index is 314. The predicted molar refractivity (Wildman–Crippen MR) is 48.6 cm³/mol. The Labute approximate surface area is 77.1 Å². The molecule has 0 aromatic carbocycles. The van der Waals surface area contributed by atoms with E-state index in [0.29, 0.717) is 17.0 Å². The van der Waals surface area contributed by atoms with Crippen molar-refractivity contribution in [1.29, 1.82) is 0 Å². The van der Waals surface area contributed by atoms with Crippen molar-refractivity contribution in [3.05, 3.63) is 17.0 Å². The van der Waals surface area contributed by atoms with Gasteiger partial charge in [0.2, 0.25) is 0 Å². The molecule has 0 amide bonds. The highest BCUT2D eigenvalue weighted by atomic mass is 16.5. The van der Waals surface area contributed by atoms with Gasteiger partial charge in [0.15, 0.2) is 5.78 Å². The third kappa shape index (κ3) is 1.78. The largest absolute Gasteiger partial charge is 0.361 e. The number of carbonyl (C=O) groups excluding carboxylic acids is 1. The summed E-state index contributed by atoms with van der Waals surface area (Å²) in [4.78, 5) is 11.7. The number of nitrogens with zero attached hydrogens (tertiary/aromatic N) is 1. The number of aryl methyl sites for hydroxylation is 2. The van der Waals surface area contributed by atoms with E-state index in [4.69, 9.17) is 10.3 Å². The van der Waals surface area contributed by atoms with Gasteiger partial charge in [-0.1, -0.05) is 5.16 Å². The van der Waals surface area contributed by atoms with Crippen LogP contribution in [0.15, 0.2) is 4.52 Å². The fourth-order valence-electron chi connectivity index (χ4n) is 1.13. The van der Waals surface area contributed by atoms with E-state index in [9.17, 15) is 4.79 Å². The Morgan fingerprint density at radius 2 is 2.00 bits per heavy atom. The molecule has 1 heterocycles. The topological polar surface area (TPSA) is 69.1 Å². The Balaban J connectivity index is 3.16. The van der Waals surface area contributed by atoms with Crippen LogP contribution in [0.25, 0.3) is 0 Å². The molecule has 0 fully saturated rings. The van der Waals surface area contributed by atoms with Crippen LogP contribution < -0.4 is 5.73 Å². The molecule has 0 bridgehead atoms. The first kappa shape index (κ1) is 9.92. The lowest BCUT2D eigenvalue weighted by atomic mass is 9.93. The molecule has 1 rings (SSSR count). The maximum absolute atomic E-state index is 11.7. The molecule has 0 aliphatic heterocycles. The smallest absolute Gasteiger partial charge is 0.187 e. The molecule has 0 saturated heterocycles. The number of hydrogen-bond donors (Lipinski definition) is 1. The number of nitrogens with two attached hydrogens (primary N) is 1. The Hall–Kier alpha value is -1.16. The third-order valence-electron chi connectivity index (χ3n) is 1.85. The van der Waals surface area contributed by atoms with Crippen LogP contribution in [0.1, 0.15) is 35.7 Å². The highest BCUT2D eigenvalue weighted by molar-refractivity contribution is 6.03. The van der Waals surface area contributed by atoms with Gasteiger partial charge in [0.1, 0.15) is 5.76 Å². The normalized spacial score (nSPS) is 11.8. The molecule has 72 valence electrons. The highest BCUT2D eigenvalue weighted by Crippen LogP contribution is 2.17. The van der Waals surface area contributed by atoms with Gasteiger partial charge >= 0.3 is 0 Å². The average Bonchev–Trinajstić information content (AvgIpc) is 2.28. The molecule has 4 nitrogen and oxygen atoms in total. The SMILES string of the molecule is Cc1noc(C)c1C(=O)C(C)(C)N. The van der Waals surface area contributed by atoms with Crippen molar-refractivity contribution in [2.75, 3.05) is 0 Å². The minimum absolute atomic E-state index is 0.135. The van der Waals surface area contributed by atoms with Crippen LogP contribution in [0.5, 0.6) is 0 Å². The lowest BCUT2D eigenvalue weighted by Gasteiger charge is -2.15. The second-order valence-electron chi connectivity index (χ2n) is 3.75. The highest BCUT2D eigenvalue weighted by Gasteiger charge is 2.28. The summed E-state index contributed by atoms with van der Waals surface area (Å²) in [6.45, 7) is 6.77. The molecular weight excluding hydrogens is 168 g/mol. The summed E-state index contributed by atoms with van der Waals surface area (Å²) in [6, 6.07) is 0. The van der Waals surface area contributed by atoms with Crippen molar-refractivity contribution >= 4 is 5.78 Å². The zero-order valence-electron chi connectivity index (χ0n) is 8.34. The van der Waals surface area contributed by atoms with E-state index in [1.165, 1.54) is 0 Å². The Morgan fingerprint density at radius 3 is 2.31 bits per heavy atom. The molecule has 0 saturated carbocycles. The van der Waals surface area contributed by atoms with Crippen molar-refractivity contribution in [2.45, 2.75) is 33.2 Å². The maximum Gasteiger partial charge on any atom is 0.187 e. The number of hydrogen-bond acceptors (Lipinski definition) is 4. The first-order chi connectivity index (χ1) is 5.84. The van der Waals surface area contributed by atoms with Gasteiger partial charge in [-0.05, 0) is 27.7 Å². The second kappa shape index (κ2) is 2.96. The lowest BCUT2D eigenvalue weighted by Crippen LogP contribution is -2.41. The molecule has 1 aromatic rings. The van der Waals surface area contributed by atoms with Gasteiger partial charge in [0.25, 0.3) is 0 Å². The van der Waals surface area contributed by atoms with Crippen LogP contribution in [0.2, 0.25) is 0 Å². The number of aromatic nitrogens is 1. The zero-order chi connectivity index (χ0) is 10.2. The third-order valence-corrected chi connectivity index (χ3v) is 1.85. The van der Waals surface area contributed by atoms with Gasteiger partial charge in [0.05, 0.1) is 16.8 Å². The van der Waals surface area contributed by atoms with Crippen LogP contribution >= 0.6 is 0 Å².